The third-order valence-corrected chi connectivity index (χ3v) is 5.23. The number of aldehydes is 1. The molecule has 33 heavy (non-hydrogen) atoms. The van der Waals surface area contributed by atoms with Gasteiger partial charge in [-0.3, -0.25) is 9.59 Å². The minimum atomic E-state index is -0.521. The van der Waals surface area contributed by atoms with Gasteiger partial charge in [0.25, 0.3) is 5.91 Å². The van der Waals surface area contributed by atoms with E-state index in [9.17, 15) is 14.4 Å². The van der Waals surface area contributed by atoms with Crippen LogP contribution in [-0.2, 0) is 14.4 Å². The Balaban J connectivity index is 2.07. The molecule has 7 N–H and O–H groups in total. The maximum absolute atomic E-state index is 12.4. The van der Waals surface area contributed by atoms with Gasteiger partial charge >= 0.3 is 0 Å². The number of carbonyl (C=O) groups excluding carboxylic acids is 3. The number of likely N-dealkylation sites (N-methyl/N-ethyl adjacent to an activating group) is 2. The summed E-state index contributed by atoms with van der Waals surface area (Å²) in [5.74, 6) is -0.932. The summed E-state index contributed by atoms with van der Waals surface area (Å²) in [6, 6.07) is 7.65. The molecule has 0 unspecified atom stereocenters. The van der Waals surface area contributed by atoms with E-state index >= 15 is 0 Å². The SMILES string of the molecule is C=Cc1ccccc1/C=C(\N)c1csc(NC(=O)CN/C(C(=O)NC)=C(\N)N(C)CC=O)n1. The smallest absolute Gasteiger partial charge is 0.270 e. The molecule has 1 aromatic heterocycles. The lowest BCUT2D eigenvalue weighted by Crippen LogP contribution is -2.40. The van der Waals surface area contributed by atoms with Gasteiger partial charge in [0.2, 0.25) is 5.91 Å². The van der Waals surface area contributed by atoms with Gasteiger partial charge in [-0.05, 0) is 17.2 Å². The first-order valence-corrected chi connectivity index (χ1v) is 10.7. The van der Waals surface area contributed by atoms with E-state index in [1.165, 1.54) is 23.3 Å². The number of hydrogen-bond donors (Lipinski definition) is 5. The van der Waals surface area contributed by atoms with Crippen LogP contribution in [0.3, 0.4) is 0 Å². The van der Waals surface area contributed by atoms with Crippen LogP contribution in [0, 0.1) is 0 Å². The zero-order valence-electron chi connectivity index (χ0n) is 18.4. The second-order valence-corrected chi connectivity index (χ2v) is 7.62. The largest absolute Gasteiger partial charge is 0.397 e. The van der Waals surface area contributed by atoms with E-state index in [-0.39, 0.29) is 24.6 Å². The summed E-state index contributed by atoms with van der Waals surface area (Å²) >= 11 is 1.21. The fourth-order valence-corrected chi connectivity index (χ4v) is 3.41. The first kappa shape index (κ1) is 25.1. The highest BCUT2D eigenvalue weighted by Crippen LogP contribution is 2.22. The average molecular weight is 470 g/mol. The molecule has 2 amide bonds. The van der Waals surface area contributed by atoms with Crippen molar-refractivity contribution in [3.05, 3.63) is 64.6 Å². The Hall–Kier alpha value is -4.12. The fourth-order valence-electron chi connectivity index (χ4n) is 2.68. The van der Waals surface area contributed by atoms with Crippen LogP contribution in [0.25, 0.3) is 17.8 Å². The van der Waals surface area contributed by atoms with E-state index in [2.05, 4.69) is 27.5 Å². The zero-order valence-corrected chi connectivity index (χ0v) is 19.2. The molecule has 10 nitrogen and oxygen atoms in total. The topological polar surface area (TPSA) is 155 Å². The highest BCUT2D eigenvalue weighted by Gasteiger charge is 2.17. The Kier molecular flexibility index (Phi) is 9.18. The van der Waals surface area contributed by atoms with Gasteiger partial charge in [-0.25, -0.2) is 4.98 Å². The van der Waals surface area contributed by atoms with Crippen molar-refractivity contribution in [2.75, 3.05) is 32.5 Å². The summed E-state index contributed by atoms with van der Waals surface area (Å²) < 4.78 is 0. The van der Waals surface area contributed by atoms with Crippen molar-refractivity contribution in [2.45, 2.75) is 0 Å². The van der Waals surface area contributed by atoms with E-state index in [1.54, 1.807) is 24.6 Å². The Morgan fingerprint density at radius 2 is 1.94 bits per heavy atom. The molecule has 0 aliphatic heterocycles. The maximum atomic E-state index is 12.4. The van der Waals surface area contributed by atoms with Crippen LogP contribution in [0.5, 0.6) is 0 Å². The van der Waals surface area contributed by atoms with E-state index in [0.717, 1.165) is 11.1 Å². The molecule has 0 atom stereocenters. The molecule has 2 rings (SSSR count). The highest BCUT2D eigenvalue weighted by molar-refractivity contribution is 7.14. The standard InChI is InChI=1S/C22H27N7O3S/c1-4-14-7-5-6-8-15(14)11-16(23)17-13-33-22(27-17)28-18(31)12-26-19(21(32)25-2)20(24)29(3)9-10-30/h4-8,10-11,13,26H,1,9,12,23-24H2,2-3H3,(H,25,32)(H,27,28,31)/b16-11-,20-19+. The number of thiazole rings is 1. The third kappa shape index (κ3) is 6.94. The molecule has 0 spiro atoms. The number of amides is 2. The van der Waals surface area contributed by atoms with Gasteiger partial charge in [-0.1, -0.05) is 36.9 Å². The highest BCUT2D eigenvalue weighted by atomic mass is 32.1. The zero-order chi connectivity index (χ0) is 24.4. The van der Waals surface area contributed by atoms with Crippen molar-refractivity contribution in [3.63, 3.8) is 0 Å². The van der Waals surface area contributed by atoms with Gasteiger partial charge in [0.1, 0.15) is 17.8 Å². The number of nitrogens with one attached hydrogen (secondary N) is 3. The van der Waals surface area contributed by atoms with Gasteiger partial charge in [-0.2, -0.15) is 0 Å². The number of nitrogens with two attached hydrogens (primary N) is 2. The first-order chi connectivity index (χ1) is 15.8. The number of anilines is 1. The summed E-state index contributed by atoms with van der Waals surface area (Å²) in [5, 5.41) is 9.88. The predicted molar refractivity (Wildman–Crippen MR) is 131 cm³/mol. The molecule has 0 fully saturated rings. The quantitative estimate of drug-likeness (QED) is 0.239. The predicted octanol–water partition coefficient (Wildman–Crippen LogP) is 0.776. The number of hydrogen-bond acceptors (Lipinski definition) is 9. The second kappa shape index (κ2) is 12.1. The first-order valence-electron chi connectivity index (χ1n) is 9.85. The van der Waals surface area contributed by atoms with Gasteiger partial charge < -0.3 is 37.1 Å². The fraction of sp³-hybridized carbons (Fsp3) is 0.182. The van der Waals surface area contributed by atoms with Crippen LogP contribution in [0.4, 0.5) is 5.13 Å². The van der Waals surface area contributed by atoms with E-state index < -0.39 is 11.8 Å². The number of nitrogens with zero attached hydrogens (tertiary/aromatic N) is 2. The molecule has 0 radical (unpaired) electrons. The van der Waals surface area contributed by atoms with Crippen LogP contribution in [0.15, 0.2) is 47.7 Å². The van der Waals surface area contributed by atoms with Gasteiger partial charge in [-0.15, -0.1) is 11.3 Å². The Bertz CT molecular complexity index is 1090. The summed E-state index contributed by atoms with van der Waals surface area (Å²) in [6.07, 6.45) is 4.18. The lowest BCUT2D eigenvalue weighted by molar-refractivity contribution is -0.118. The van der Waals surface area contributed by atoms with Crippen LogP contribution < -0.4 is 27.4 Å². The van der Waals surface area contributed by atoms with Crippen molar-refractivity contribution < 1.29 is 14.4 Å². The van der Waals surface area contributed by atoms with Crippen molar-refractivity contribution in [3.8, 4) is 0 Å². The molecule has 0 aliphatic carbocycles. The lowest BCUT2D eigenvalue weighted by atomic mass is 10.1. The molecule has 174 valence electrons. The van der Waals surface area contributed by atoms with Crippen molar-refractivity contribution in [1.29, 1.82) is 0 Å². The minimum absolute atomic E-state index is 0.00564. The third-order valence-electron chi connectivity index (χ3n) is 4.47. The molecule has 1 aromatic carbocycles. The summed E-state index contributed by atoms with van der Waals surface area (Å²) in [5.41, 5.74) is 14.9. The Labute approximate surface area is 196 Å². The number of aromatic nitrogens is 1. The van der Waals surface area contributed by atoms with Crippen molar-refractivity contribution in [2.24, 2.45) is 11.5 Å². The lowest BCUT2D eigenvalue weighted by Gasteiger charge is -2.20. The summed E-state index contributed by atoms with van der Waals surface area (Å²) in [4.78, 5) is 40.9. The van der Waals surface area contributed by atoms with Crippen molar-refractivity contribution >= 4 is 52.4 Å². The molecule has 2 aromatic rings. The van der Waals surface area contributed by atoms with Crippen LogP contribution >= 0.6 is 11.3 Å². The average Bonchev–Trinajstić information content (AvgIpc) is 3.27. The Morgan fingerprint density at radius 1 is 1.24 bits per heavy atom. The molecule has 0 saturated heterocycles. The second-order valence-electron chi connectivity index (χ2n) is 6.76. The van der Waals surface area contributed by atoms with Crippen LogP contribution in [-0.4, -0.2) is 55.2 Å². The molecule has 1 heterocycles. The minimum Gasteiger partial charge on any atom is -0.397 e. The summed E-state index contributed by atoms with van der Waals surface area (Å²) in [6.45, 7) is 3.54. The van der Waals surface area contributed by atoms with Gasteiger partial charge in [0.15, 0.2) is 5.13 Å². The van der Waals surface area contributed by atoms with E-state index in [0.29, 0.717) is 22.8 Å². The number of rotatable bonds is 11. The Morgan fingerprint density at radius 3 is 2.58 bits per heavy atom. The number of carbonyl (C=O) groups is 3. The molecule has 0 bridgehead atoms. The maximum Gasteiger partial charge on any atom is 0.270 e. The van der Waals surface area contributed by atoms with Gasteiger partial charge in [0.05, 0.1) is 24.5 Å². The normalized spacial score (nSPS) is 11.8. The van der Waals surface area contributed by atoms with Crippen LogP contribution in [0.2, 0.25) is 0 Å². The van der Waals surface area contributed by atoms with Crippen LogP contribution in [0.1, 0.15) is 16.8 Å². The number of benzene rings is 1. The van der Waals surface area contributed by atoms with E-state index in [1.807, 2.05) is 24.3 Å². The monoisotopic (exact) mass is 469 g/mol. The van der Waals surface area contributed by atoms with E-state index in [4.69, 9.17) is 11.5 Å². The summed E-state index contributed by atoms with van der Waals surface area (Å²) in [7, 11) is 2.98. The molecular formula is C22H27N7O3S. The molecule has 11 heteroatoms. The molecular weight excluding hydrogens is 442 g/mol. The molecule has 0 saturated carbocycles. The van der Waals surface area contributed by atoms with Crippen molar-refractivity contribution in [1.82, 2.24) is 20.5 Å². The molecule has 0 aliphatic rings. The van der Waals surface area contributed by atoms with Gasteiger partial charge in [0, 0.05) is 19.5 Å².